The summed E-state index contributed by atoms with van der Waals surface area (Å²) < 4.78 is 122. The summed E-state index contributed by atoms with van der Waals surface area (Å²) in [5, 5.41) is 1.43. The van der Waals surface area contributed by atoms with E-state index in [9.17, 15) is 5.48 Å². The fourth-order valence-corrected chi connectivity index (χ4v) is 4.80. The molecule has 8 aromatic rings. The smallest absolute Gasteiger partial charge is 0.164 e. The van der Waals surface area contributed by atoms with Gasteiger partial charge in [-0.1, -0.05) is 109 Å². The Morgan fingerprint density at radius 1 is 0.442 bits per heavy atom. The van der Waals surface area contributed by atoms with Gasteiger partial charge in [0.25, 0.3) is 0 Å². The van der Waals surface area contributed by atoms with Crippen LogP contribution in [0, 0.1) is 0 Å². The number of fused-ring (bicyclic) bond motifs is 3. The summed E-state index contributed by atoms with van der Waals surface area (Å²) in [6.07, 6.45) is 0. The van der Waals surface area contributed by atoms with Gasteiger partial charge in [-0.15, -0.1) is 0 Å². The minimum absolute atomic E-state index is 0.150. The predicted molar refractivity (Wildman–Crippen MR) is 174 cm³/mol. The average molecular weight is 566 g/mol. The lowest BCUT2D eigenvalue weighted by Gasteiger charge is -2.11. The van der Waals surface area contributed by atoms with Crippen molar-refractivity contribution in [3.05, 3.63) is 151 Å². The van der Waals surface area contributed by atoms with Gasteiger partial charge in [-0.25, -0.2) is 19.9 Å². The van der Waals surface area contributed by atoms with E-state index in [1.807, 2.05) is 54.6 Å². The van der Waals surface area contributed by atoms with E-state index in [4.69, 9.17) is 18.7 Å². The molecule has 0 N–H and O–H groups in total. The summed E-state index contributed by atoms with van der Waals surface area (Å²) >= 11 is 0. The first kappa shape index (κ1) is 14.3. The number of para-hydroxylation sites is 1. The van der Waals surface area contributed by atoms with Crippen LogP contribution >= 0.6 is 0 Å². The molecule has 0 radical (unpaired) electrons. The van der Waals surface area contributed by atoms with Gasteiger partial charge in [0, 0.05) is 38.7 Å². The third-order valence-electron chi connectivity index (χ3n) is 6.73. The van der Waals surface area contributed by atoms with Crippen molar-refractivity contribution in [3.63, 3.8) is 0 Å². The van der Waals surface area contributed by atoms with Crippen LogP contribution in [-0.2, 0) is 0 Å². The molecule has 0 bridgehead atoms. The number of benzene rings is 5. The summed E-state index contributed by atoms with van der Waals surface area (Å²) in [6.45, 7) is 0. The summed E-state index contributed by atoms with van der Waals surface area (Å²) in [5.74, 6) is -1.77. The van der Waals surface area contributed by atoms with Crippen molar-refractivity contribution in [2.24, 2.45) is 0 Å². The van der Waals surface area contributed by atoms with Crippen LogP contribution in [0.1, 0.15) is 19.2 Å². The number of rotatable bonds is 5. The van der Waals surface area contributed by atoms with Gasteiger partial charge in [0.2, 0.25) is 0 Å². The number of aromatic nitrogens is 5. The quantitative estimate of drug-likeness (QED) is 0.209. The Kier molecular flexibility index (Phi) is 3.48. The second-order valence-corrected chi connectivity index (χ2v) is 9.32. The highest BCUT2D eigenvalue weighted by Gasteiger charge is 2.16. The molecule has 0 atom stereocenters. The molecule has 202 valence electrons. The standard InChI is InChI=1S/C38H25N5/c1-4-12-26(13-5-1)33-25-24-32-31-18-10-11-19-34(31)43(38(32)39-33)30-22-20-29(21-23-30)37-41-35(27-14-6-2-7-15-27)40-36(42-37)28-16-8-3-9-17-28/h1-25H/i2D,3D,6D,7D,8D,9D,14D,15D,16D,17D,20D,21D,22D,23D. The van der Waals surface area contributed by atoms with Gasteiger partial charge in [-0.05, 0) is 42.4 Å². The third kappa shape index (κ3) is 4.53. The van der Waals surface area contributed by atoms with E-state index < -0.39 is 119 Å². The maximum absolute atomic E-state index is 9.33. The summed E-state index contributed by atoms with van der Waals surface area (Å²) in [5.41, 5.74) is 0.617. The van der Waals surface area contributed by atoms with E-state index in [2.05, 4.69) is 15.0 Å². The molecule has 5 aromatic carbocycles. The maximum Gasteiger partial charge on any atom is 0.164 e. The van der Waals surface area contributed by atoms with Gasteiger partial charge in [-0.3, -0.25) is 4.57 Å². The molecule has 8 rings (SSSR count). The molecule has 0 spiro atoms. The first-order chi connectivity index (χ1) is 27.1. The number of pyridine rings is 1. The van der Waals surface area contributed by atoms with Crippen molar-refractivity contribution in [2.75, 3.05) is 0 Å². The van der Waals surface area contributed by atoms with Crippen LogP contribution in [0.3, 0.4) is 0 Å². The Bertz CT molecular complexity index is 2850. The largest absolute Gasteiger partial charge is 0.294 e. The normalized spacial score (nSPS) is 15.8. The van der Waals surface area contributed by atoms with Crippen molar-refractivity contribution < 1.29 is 19.2 Å². The molecule has 0 unspecified atom stereocenters. The second kappa shape index (κ2) is 10.5. The van der Waals surface area contributed by atoms with Crippen molar-refractivity contribution in [3.8, 4) is 51.1 Å². The lowest BCUT2D eigenvalue weighted by atomic mass is 10.1. The maximum atomic E-state index is 9.33. The molecule has 0 amide bonds. The van der Waals surface area contributed by atoms with Crippen LogP contribution < -0.4 is 0 Å². The van der Waals surface area contributed by atoms with Gasteiger partial charge < -0.3 is 0 Å². The lowest BCUT2D eigenvalue weighted by Crippen LogP contribution is -2.00. The van der Waals surface area contributed by atoms with Crippen molar-refractivity contribution in [1.29, 1.82) is 0 Å². The summed E-state index contributed by atoms with van der Waals surface area (Å²) in [4.78, 5) is 17.8. The minimum Gasteiger partial charge on any atom is -0.294 e. The molecule has 0 aliphatic rings. The zero-order chi connectivity index (χ0) is 40.8. The Labute approximate surface area is 268 Å². The summed E-state index contributed by atoms with van der Waals surface area (Å²) in [7, 11) is 0. The molecule has 3 heterocycles. The highest BCUT2D eigenvalue weighted by atomic mass is 15.1. The third-order valence-corrected chi connectivity index (χ3v) is 6.73. The first-order valence-corrected chi connectivity index (χ1v) is 13.1. The molecule has 5 nitrogen and oxygen atoms in total. The molecule has 0 fully saturated rings. The zero-order valence-electron chi connectivity index (χ0n) is 36.1. The van der Waals surface area contributed by atoms with Crippen molar-refractivity contribution >= 4 is 21.9 Å². The van der Waals surface area contributed by atoms with Crippen molar-refractivity contribution in [2.45, 2.75) is 0 Å². The molecule has 0 aliphatic carbocycles. The molecular weight excluding hydrogens is 526 g/mol. The fraction of sp³-hybridized carbons (Fsp3) is 0. The van der Waals surface area contributed by atoms with Crippen LogP contribution in [0.25, 0.3) is 73.0 Å². The molecule has 0 saturated carbocycles. The number of nitrogens with zero attached hydrogens (tertiary/aromatic N) is 5. The van der Waals surface area contributed by atoms with Gasteiger partial charge in [0.15, 0.2) is 17.5 Å². The predicted octanol–water partition coefficient (Wildman–Crippen LogP) is 9.03. The van der Waals surface area contributed by atoms with E-state index >= 15 is 0 Å². The van der Waals surface area contributed by atoms with E-state index in [0.717, 1.165) is 10.9 Å². The number of hydrogen-bond acceptors (Lipinski definition) is 4. The van der Waals surface area contributed by atoms with Gasteiger partial charge in [-0.2, -0.15) is 0 Å². The Balaban J connectivity index is 1.44. The molecule has 43 heavy (non-hydrogen) atoms. The van der Waals surface area contributed by atoms with Crippen LogP contribution in [0.2, 0.25) is 0 Å². The Morgan fingerprint density at radius 2 is 1.00 bits per heavy atom. The van der Waals surface area contributed by atoms with E-state index in [0.29, 0.717) is 22.2 Å². The fourth-order valence-electron chi connectivity index (χ4n) is 4.80. The minimum atomic E-state index is -0.735. The molecule has 3 aromatic heterocycles. The Hall–Kier alpha value is -5.94. The second-order valence-electron chi connectivity index (χ2n) is 9.32. The molecule has 5 heteroatoms. The molecule has 0 aliphatic heterocycles. The van der Waals surface area contributed by atoms with E-state index in [1.54, 1.807) is 16.7 Å². The van der Waals surface area contributed by atoms with E-state index in [1.165, 1.54) is 0 Å². The summed E-state index contributed by atoms with van der Waals surface area (Å²) in [6, 6.07) is 10.7. The number of hydrogen-bond donors (Lipinski definition) is 0. The Morgan fingerprint density at radius 3 is 1.63 bits per heavy atom. The van der Waals surface area contributed by atoms with Crippen LogP contribution in [0.5, 0.6) is 0 Å². The monoisotopic (exact) mass is 565 g/mol. The highest BCUT2D eigenvalue weighted by molar-refractivity contribution is 6.08. The molecular formula is C38H25N5. The average Bonchev–Trinajstić information content (AvgIpc) is 3.54. The first-order valence-electron chi connectivity index (χ1n) is 20.1. The van der Waals surface area contributed by atoms with Crippen molar-refractivity contribution in [1.82, 2.24) is 24.5 Å². The van der Waals surface area contributed by atoms with E-state index in [-0.39, 0.29) is 5.69 Å². The topological polar surface area (TPSA) is 56.5 Å². The van der Waals surface area contributed by atoms with Crippen LogP contribution in [0.15, 0.2) is 151 Å². The van der Waals surface area contributed by atoms with Gasteiger partial charge >= 0.3 is 0 Å². The molecule has 0 saturated heterocycles. The lowest BCUT2D eigenvalue weighted by molar-refractivity contribution is 1.07. The SMILES string of the molecule is [2H]c1c([2H])c([2H])c(-c2nc(-c3c([2H])c([2H])c([2H])c([2H])c3[2H])nc(-c3c([2H])c([2H])c(-n4c5ccccc5c5ccc(-c6ccccc6)nc54)c([2H])c3[2H])n2)c([2H])c1[2H]. The highest BCUT2D eigenvalue weighted by Crippen LogP contribution is 2.33. The van der Waals surface area contributed by atoms with Gasteiger partial charge in [0.05, 0.1) is 30.4 Å². The van der Waals surface area contributed by atoms with Crippen LogP contribution in [-0.4, -0.2) is 24.5 Å². The van der Waals surface area contributed by atoms with Crippen LogP contribution in [0.4, 0.5) is 0 Å². The zero-order valence-corrected chi connectivity index (χ0v) is 22.1. The van der Waals surface area contributed by atoms with Gasteiger partial charge in [0.1, 0.15) is 5.65 Å².